The predicted octanol–water partition coefficient (Wildman–Crippen LogP) is 0.362. The minimum atomic E-state index is -1.61. The molecule has 2 aromatic carbocycles. The van der Waals surface area contributed by atoms with Crippen molar-refractivity contribution in [3.8, 4) is 39.9 Å². The first-order chi connectivity index (χ1) is 15.8. The molecule has 4 rings (SSSR count). The number of aliphatic hydroxyl groups is 4. The summed E-state index contributed by atoms with van der Waals surface area (Å²) in [5, 5.41) is 50.6. The summed E-state index contributed by atoms with van der Waals surface area (Å²) in [7, 11) is 4.53. The van der Waals surface area contributed by atoms with Gasteiger partial charge in [0, 0.05) is 5.56 Å². The highest BCUT2D eigenvalue weighted by molar-refractivity contribution is 5.84. The van der Waals surface area contributed by atoms with Gasteiger partial charge in [0.05, 0.1) is 27.9 Å². The van der Waals surface area contributed by atoms with Gasteiger partial charge in [-0.3, -0.25) is 0 Å². The third kappa shape index (κ3) is 3.94. The molecule has 180 valence electrons. The van der Waals surface area contributed by atoms with E-state index in [0.29, 0.717) is 29.9 Å². The first kappa shape index (κ1) is 23.4. The average molecular weight is 464 g/mol. The molecular formula is C23H28O10. The summed E-state index contributed by atoms with van der Waals surface area (Å²) in [5.74, 6) is 0.952. The Labute approximate surface area is 190 Å². The largest absolute Gasteiger partial charge is 0.502 e. The average Bonchev–Trinajstić information content (AvgIpc) is 2.83. The zero-order valence-electron chi connectivity index (χ0n) is 18.5. The molecule has 0 aromatic heterocycles. The molecule has 5 N–H and O–H groups in total. The fraction of sp³-hybridized carbons (Fsp3) is 0.478. The fourth-order valence-corrected chi connectivity index (χ4v) is 4.38. The first-order valence-electron chi connectivity index (χ1n) is 10.5. The van der Waals surface area contributed by atoms with Crippen molar-refractivity contribution < 1.29 is 49.2 Å². The Morgan fingerprint density at radius 1 is 0.848 bits per heavy atom. The molecule has 0 bridgehead atoms. The number of phenols is 1. The van der Waals surface area contributed by atoms with Gasteiger partial charge in [0.2, 0.25) is 12.0 Å². The second-order valence-electron chi connectivity index (χ2n) is 7.97. The van der Waals surface area contributed by atoms with Gasteiger partial charge in [0.15, 0.2) is 23.0 Å². The lowest BCUT2D eigenvalue weighted by Gasteiger charge is -2.39. The lowest BCUT2D eigenvalue weighted by atomic mass is 9.84. The van der Waals surface area contributed by atoms with E-state index < -0.39 is 37.3 Å². The van der Waals surface area contributed by atoms with Gasteiger partial charge in [-0.25, -0.2) is 0 Å². The van der Waals surface area contributed by atoms with Crippen LogP contribution in [0.5, 0.6) is 28.7 Å². The van der Waals surface area contributed by atoms with Gasteiger partial charge in [-0.1, -0.05) is 0 Å². The van der Waals surface area contributed by atoms with Crippen LogP contribution < -0.4 is 18.9 Å². The third-order valence-corrected chi connectivity index (χ3v) is 6.14. The topological polar surface area (TPSA) is 147 Å². The van der Waals surface area contributed by atoms with E-state index in [-0.39, 0.29) is 17.2 Å². The molecule has 10 nitrogen and oxygen atoms in total. The highest BCUT2D eigenvalue weighted by Gasteiger charge is 2.45. The summed E-state index contributed by atoms with van der Waals surface area (Å²) in [6.45, 7) is -0.591. The van der Waals surface area contributed by atoms with Gasteiger partial charge >= 0.3 is 0 Å². The minimum absolute atomic E-state index is 0.0288. The van der Waals surface area contributed by atoms with Gasteiger partial charge in [-0.15, -0.1) is 0 Å². The smallest absolute Gasteiger partial charge is 0.229 e. The van der Waals surface area contributed by atoms with E-state index in [1.54, 1.807) is 20.3 Å². The number of hydrogen-bond donors (Lipinski definition) is 5. The number of ether oxygens (including phenoxy) is 5. The Morgan fingerprint density at radius 3 is 2.12 bits per heavy atom. The van der Waals surface area contributed by atoms with Crippen LogP contribution in [0.15, 0.2) is 18.2 Å². The third-order valence-electron chi connectivity index (χ3n) is 6.14. The van der Waals surface area contributed by atoms with Crippen LogP contribution in [-0.2, 0) is 17.6 Å². The number of hydrogen-bond acceptors (Lipinski definition) is 10. The Hall–Kier alpha value is -2.76. The molecule has 0 saturated carbocycles. The maximum absolute atomic E-state index is 11.0. The Kier molecular flexibility index (Phi) is 6.55. The predicted molar refractivity (Wildman–Crippen MR) is 115 cm³/mol. The zero-order chi connectivity index (χ0) is 23.9. The van der Waals surface area contributed by atoms with Crippen molar-refractivity contribution in [2.75, 3.05) is 27.9 Å². The van der Waals surface area contributed by atoms with Gasteiger partial charge in [0.1, 0.15) is 24.4 Å². The standard InChI is InChI=1S/C23H28O10/c1-29-13-6-10-4-5-11-7-15(32-23-21(28)20(27)18(25)16(9-24)33-23)19(26)22(31-3)17(11)12(10)8-14(13)30-2/h6-8,16,18,20-21,23-28H,4-5,9H2,1-3H3. The van der Waals surface area contributed by atoms with Crippen LogP contribution in [0.4, 0.5) is 0 Å². The number of aromatic hydroxyl groups is 1. The number of phenolic OH excluding ortho intramolecular Hbond substituents is 1. The number of aryl methyl sites for hydroxylation is 2. The molecule has 1 fully saturated rings. The van der Waals surface area contributed by atoms with E-state index in [9.17, 15) is 25.5 Å². The molecule has 1 aliphatic heterocycles. The van der Waals surface area contributed by atoms with E-state index >= 15 is 0 Å². The molecule has 10 heteroatoms. The SMILES string of the molecule is COc1cc2c(cc1OC)-c1c(cc(OC3OC(CO)C(O)C(O)C3O)c(O)c1OC)CC2. The summed E-state index contributed by atoms with van der Waals surface area (Å²) < 4.78 is 27.5. The molecule has 0 amide bonds. The number of rotatable bonds is 6. The summed E-state index contributed by atoms with van der Waals surface area (Å²) in [5.41, 5.74) is 3.32. The van der Waals surface area contributed by atoms with Crippen LogP contribution in [0.1, 0.15) is 11.1 Å². The van der Waals surface area contributed by atoms with E-state index in [4.69, 9.17) is 23.7 Å². The van der Waals surface area contributed by atoms with Crippen LogP contribution >= 0.6 is 0 Å². The van der Waals surface area contributed by atoms with Crippen LogP contribution in [0, 0.1) is 0 Å². The summed E-state index contributed by atoms with van der Waals surface area (Å²) >= 11 is 0. The fourth-order valence-electron chi connectivity index (χ4n) is 4.38. The molecule has 1 saturated heterocycles. The highest BCUT2D eigenvalue weighted by Crippen LogP contribution is 2.51. The summed E-state index contributed by atoms with van der Waals surface area (Å²) in [4.78, 5) is 0. The van der Waals surface area contributed by atoms with Crippen molar-refractivity contribution in [2.24, 2.45) is 0 Å². The van der Waals surface area contributed by atoms with E-state index in [0.717, 1.165) is 16.7 Å². The molecule has 5 unspecified atom stereocenters. The van der Waals surface area contributed by atoms with Crippen molar-refractivity contribution in [3.05, 3.63) is 29.3 Å². The number of aliphatic hydroxyl groups excluding tert-OH is 4. The van der Waals surface area contributed by atoms with Crippen LogP contribution in [0.25, 0.3) is 11.1 Å². The Balaban J connectivity index is 1.75. The molecule has 0 spiro atoms. The van der Waals surface area contributed by atoms with Crippen molar-refractivity contribution in [1.82, 2.24) is 0 Å². The number of methoxy groups -OCH3 is 3. The summed E-state index contributed by atoms with van der Waals surface area (Å²) in [6, 6.07) is 5.34. The lowest BCUT2D eigenvalue weighted by Crippen LogP contribution is -2.60. The van der Waals surface area contributed by atoms with Gasteiger partial charge < -0.3 is 49.2 Å². The lowest BCUT2D eigenvalue weighted by molar-refractivity contribution is -0.277. The zero-order valence-corrected chi connectivity index (χ0v) is 18.5. The molecule has 1 heterocycles. The van der Waals surface area contributed by atoms with Gasteiger partial charge in [0.25, 0.3) is 0 Å². The molecule has 2 aromatic rings. The Morgan fingerprint density at radius 2 is 1.48 bits per heavy atom. The number of fused-ring (bicyclic) bond motifs is 3. The van der Waals surface area contributed by atoms with Crippen molar-refractivity contribution >= 4 is 0 Å². The molecule has 5 atom stereocenters. The second kappa shape index (κ2) is 9.24. The quantitative estimate of drug-likeness (QED) is 0.406. The molecule has 0 radical (unpaired) electrons. The van der Waals surface area contributed by atoms with Crippen molar-refractivity contribution in [1.29, 1.82) is 0 Å². The van der Waals surface area contributed by atoms with E-state index in [2.05, 4.69) is 0 Å². The highest BCUT2D eigenvalue weighted by atomic mass is 16.7. The van der Waals surface area contributed by atoms with E-state index in [1.165, 1.54) is 7.11 Å². The van der Waals surface area contributed by atoms with Crippen molar-refractivity contribution in [3.63, 3.8) is 0 Å². The first-order valence-corrected chi connectivity index (χ1v) is 10.5. The van der Waals surface area contributed by atoms with Gasteiger partial charge in [-0.2, -0.15) is 0 Å². The summed E-state index contributed by atoms with van der Waals surface area (Å²) in [6.07, 6.45) is -5.99. The normalized spacial score (nSPS) is 26.2. The second-order valence-corrected chi connectivity index (χ2v) is 7.97. The van der Waals surface area contributed by atoms with Crippen LogP contribution in [-0.4, -0.2) is 84.2 Å². The molecule has 33 heavy (non-hydrogen) atoms. The van der Waals surface area contributed by atoms with E-state index in [1.807, 2.05) is 12.1 Å². The maximum Gasteiger partial charge on any atom is 0.229 e. The van der Waals surface area contributed by atoms with Crippen LogP contribution in [0.3, 0.4) is 0 Å². The Bertz CT molecular complexity index is 1020. The van der Waals surface area contributed by atoms with Crippen LogP contribution in [0.2, 0.25) is 0 Å². The molecule has 1 aliphatic carbocycles. The number of benzene rings is 2. The van der Waals surface area contributed by atoms with Crippen molar-refractivity contribution in [2.45, 2.75) is 43.5 Å². The monoisotopic (exact) mass is 464 g/mol. The minimum Gasteiger partial charge on any atom is -0.502 e. The molecule has 2 aliphatic rings. The maximum atomic E-state index is 11.0. The molecular weight excluding hydrogens is 436 g/mol. The van der Waals surface area contributed by atoms with Gasteiger partial charge in [-0.05, 0) is 47.7 Å².